The molecule has 0 saturated carbocycles. The van der Waals surface area contributed by atoms with Crippen LogP contribution in [0.2, 0.25) is 0 Å². The van der Waals surface area contributed by atoms with Crippen LogP contribution in [-0.4, -0.2) is 54.9 Å². The highest BCUT2D eigenvalue weighted by Crippen LogP contribution is 2.36. The van der Waals surface area contributed by atoms with Crippen LogP contribution in [0, 0.1) is 6.92 Å². The minimum absolute atomic E-state index is 0. The van der Waals surface area contributed by atoms with E-state index in [1.807, 2.05) is 19.1 Å². The molecule has 1 aromatic heterocycles. The molecule has 0 unspecified atom stereocenters. The van der Waals surface area contributed by atoms with Crippen LogP contribution in [0.3, 0.4) is 0 Å². The maximum absolute atomic E-state index is 13.5. The van der Waals surface area contributed by atoms with Crippen molar-refractivity contribution in [2.24, 2.45) is 0 Å². The van der Waals surface area contributed by atoms with Gasteiger partial charge in [0, 0.05) is 24.2 Å². The summed E-state index contributed by atoms with van der Waals surface area (Å²) in [5, 5.41) is 0.649. The van der Waals surface area contributed by atoms with E-state index in [0.29, 0.717) is 28.6 Å². The van der Waals surface area contributed by atoms with E-state index in [9.17, 15) is 9.59 Å². The van der Waals surface area contributed by atoms with Gasteiger partial charge >= 0.3 is 0 Å². The van der Waals surface area contributed by atoms with Gasteiger partial charge in [-0.15, -0.1) is 12.4 Å². The lowest BCUT2D eigenvalue weighted by Gasteiger charge is -2.24. The van der Waals surface area contributed by atoms with Gasteiger partial charge in [-0.1, -0.05) is 43.4 Å². The molecular formula is C24H30ClN3O3S. The molecule has 32 heavy (non-hydrogen) atoms. The summed E-state index contributed by atoms with van der Waals surface area (Å²) in [5.41, 5.74) is 3.00. The van der Waals surface area contributed by atoms with E-state index in [1.54, 1.807) is 36.3 Å². The number of likely N-dealkylation sites (N-methyl/N-ethyl adjacent to an activating group) is 1. The van der Waals surface area contributed by atoms with Crippen LogP contribution in [0.4, 0.5) is 5.13 Å². The van der Waals surface area contributed by atoms with Gasteiger partial charge in [-0.2, -0.15) is 0 Å². The Bertz CT molecular complexity index is 1080. The Labute approximate surface area is 199 Å². The van der Waals surface area contributed by atoms with Crippen LogP contribution >= 0.6 is 23.7 Å². The maximum Gasteiger partial charge on any atom is 0.260 e. The average Bonchev–Trinajstić information content (AvgIpc) is 3.23. The molecule has 2 aromatic carbocycles. The molecule has 0 bridgehead atoms. The van der Waals surface area contributed by atoms with Gasteiger partial charge in [0.25, 0.3) is 5.91 Å². The third-order valence-corrected chi connectivity index (χ3v) is 6.67. The first kappa shape index (κ1) is 25.8. The predicted molar refractivity (Wildman–Crippen MR) is 134 cm³/mol. The number of ether oxygens (including phenoxy) is 1. The number of benzene rings is 2. The number of hydrogen-bond donors (Lipinski definition) is 0. The number of rotatable bonds is 9. The monoisotopic (exact) mass is 475 g/mol. The third-order valence-electron chi connectivity index (χ3n) is 5.46. The number of anilines is 1. The Morgan fingerprint density at radius 1 is 1.00 bits per heavy atom. The molecule has 0 aliphatic rings. The van der Waals surface area contributed by atoms with E-state index in [0.717, 1.165) is 35.4 Å². The summed E-state index contributed by atoms with van der Waals surface area (Å²) < 4.78 is 6.51. The fourth-order valence-corrected chi connectivity index (χ4v) is 4.52. The minimum atomic E-state index is -0.127. The number of Topliss-reactive ketones (excluding diaryl/α,β-unsaturated/α-hetero) is 1. The molecule has 0 fully saturated rings. The lowest BCUT2D eigenvalue weighted by atomic mass is 10.1. The fourth-order valence-electron chi connectivity index (χ4n) is 3.45. The number of halogens is 1. The van der Waals surface area contributed by atoms with Gasteiger partial charge in [-0.25, -0.2) is 4.98 Å². The number of carbonyl (C=O) groups excluding carboxylic acids is 2. The molecule has 0 radical (unpaired) electrons. The van der Waals surface area contributed by atoms with Crippen molar-refractivity contribution in [2.75, 3.05) is 38.2 Å². The number of methoxy groups -OCH3 is 1. The normalized spacial score (nSPS) is 10.8. The van der Waals surface area contributed by atoms with Crippen LogP contribution in [0.1, 0.15) is 47.1 Å². The zero-order valence-corrected chi connectivity index (χ0v) is 20.8. The Hall–Kier alpha value is -2.48. The first-order valence-corrected chi connectivity index (χ1v) is 11.3. The van der Waals surface area contributed by atoms with E-state index < -0.39 is 0 Å². The van der Waals surface area contributed by atoms with Gasteiger partial charge in [0.05, 0.1) is 11.8 Å². The molecule has 0 aliphatic carbocycles. The highest BCUT2D eigenvalue weighted by molar-refractivity contribution is 7.22. The van der Waals surface area contributed by atoms with Crippen molar-refractivity contribution in [3.8, 4) is 5.75 Å². The zero-order chi connectivity index (χ0) is 22.5. The molecule has 0 N–H and O–H groups in total. The van der Waals surface area contributed by atoms with Crippen molar-refractivity contribution < 1.29 is 14.3 Å². The van der Waals surface area contributed by atoms with Gasteiger partial charge in [0.1, 0.15) is 11.3 Å². The second kappa shape index (κ2) is 11.4. The molecular weight excluding hydrogens is 446 g/mol. The molecule has 1 amide bonds. The first-order chi connectivity index (χ1) is 14.9. The van der Waals surface area contributed by atoms with E-state index >= 15 is 0 Å². The van der Waals surface area contributed by atoms with Crippen LogP contribution < -0.4 is 9.64 Å². The van der Waals surface area contributed by atoms with Crippen LogP contribution in [0.5, 0.6) is 5.75 Å². The number of thiazole rings is 1. The molecule has 0 atom stereocenters. The zero-order valence-electron chi connectivity index (χ0n) is 19.2. The minimum Gasteiger partial charge on any atom is -0.494 e. The van der Waals surface area contributed by atoms with Gasteiger partial charge in [0.2, 0.25) is 0 Å². The Kier molecular flexibility index (Phi) is 9.19. The summed E-state index contributed by atoms with van der Waals surface area (Å²) in [6.45, 7) is 10.9. The largest absolute Gasteiger partial charge is 0.494 e. The molecule has 0 saturated heterocycles. The van der Waals surface area contributed by atoms with E-state index in [-0.39, 0.29) is 24.1 Å². The number of fused-ring (bicyclic) bond motifs is 1. The lowest BCUT2D eigenvalue weighted by Crippen LogP contribution is -2.38. The molecule has 8 heteroatoms. The highest BCUT2D eigenvalue weighted by Gasteiger charge is 2.23. The van der Waals surface area contributed by atoms with Crippen molar-refractivity contribution >= 4 is 50.8 Å². The molecule has 6 nitrogen and oxygen atoms in total. The van der Waals surface area contributed by atoms with Crippen molar-refractivity contribution in [1.82, 2.24) is 9.88 Å². The van der Waals surface area contributed by atoms with Crippen LogP contribution in [-0.2, 0) is 0 Å². The summed E-state index contributed by atoms with van der Waals surface area (Å²) in [7, 11) is 1.63. The summed E-state index contributed by atoms with van der Waals surface area (Å²) in [6.07, 6.45) is 0. The maximum atomic E-state index is 13.5. The Balaban J connectivity index is 0.00000363. The molecule has 172 valence electrons. The number of hydrogen-bond acceptors (Lipinski definition) is 6. The van der Waals surface area contributed by atoms with Crippen molar-refractivity contribution in [1.29, 1.82) is 0 Å². The van der Waals surface area contributed by atoms with Crippen LogP contribution in [0.25, 0.3) is 10.2 Å². The van der Waals surface area contributed by atoms with E-state index in [2.05, 4.69) is 18.7 Å². The molecule has 3 rings (SSSR count). The predicted octanol–water partition coefficient (Wildman–Crippen LogP) is 5.23. The number of ketones is 1. The van der Waals surface area contributed by atoms with Gasteiger partial charge in [-0.05, 0) is 50.7 Å². The van der Waals surface area contributed by atoms with Gasteiger partial charge in [-0.3, -0.25) is 14.5 Å². The number of nitrogens with zero attached hydrogens (tertiary/aromatic N) is 3. The molecule has 0 aliphatic heterocycles. The second-order valence-electron chi connectivity index (χ2n) is 7.38. The van der Waals surface area contributed by atoms with Gasteiger partial charge in [0.15, 0.2) is 10.9 Å². The molecule has 1 heterocycles. The number of carbonyl (C=O) groups is 2. The lowest BCUT2D eigenvalue weighted by molar-refractivity contribution is 0.0980. The smallest absolute Gasteiger partial charge is 0.260 e. The molecule has 0 spiro atoms. The van der Waals surface area contributed by atoms with E-state index in [4.69, 9.17) is 9.72 Å². The number of aryl methyl sites for hydroxylation is 1. The second-order valence-corrected chi connectivity index (χ2v) is 8.35. The summed E-state index contributed by atoms with van der Waals surface area (Å²) >= 11 is 1.50. The van der Waals surface area contributed by atoms with E-state index in [1.165, 1.54) is 18.3 Å². The summed E-state index contributed by atoms with van der Waals surface area (Å²) in [4.78, 5) is 33.9. The van der Waals surface area contributed by atoms with Crippen molar-refractivity contribution in [3.63, 3.8) is 0 Å². The number of aromatic nitrogens is 1. The fraction of sp³-hybridized carbons (Fsp3) is 0.375. The average molecular weight is 476 g/mol. The quantitative estimate of drug-likeness (QED) is 0.397. The SMILES string of the molecule is CCN(CC)CCN(C(=O)c1ccc(C(C)=O)cc1)c1nc2c(OC)ccc(C)c2s1.Cl. The van der Waals surface area contributed by atoms with Crippen LogP contribution in [0.15, 0.2) is 36.4 Å². The highest BCUT2D eigenvalue weighted by atomic mass is 35.5. The summed E-state index contributed by atoms with van der Waals surface area (Å²) in [5.74, 6) is 0.550. The van der Waals surface area contributed by atoms with Crippen molar-refractivity contribution in [2.45, 2.75) is 27.7 Å². The Morgan fingerprint density at radius 2 is 1.62 bits per heavy atom. The molecule has 3 aromatic rings. The topological polar surface area (TPSA) is 62.7 Å². The summed E-state index contributed by atoms with van der Waals surface area (Å²) in [6, 6.07) is 10.7. The van der Waals surface area contributed by atoms with Gasteiger partial charge < -0.3 is 9.64 Å². The standard InChI is InChI=1S/C24H29N3O3S.ClH/c1-6-26(7-2)14-15-27(23(29)19-11-9-18(10-12-19)17(4)28)24-25-21-20(30-5)13-8-16(3)22(21)31-24;/h8-13H,6-7,14-15H2,1-5H3;1H. The number of amides is 1. The third kappa shape index (κ3) is 5.46. The first-order valence-electron chi connectivity index (χ1n) is 10.5. The Morgan fingerprint density at radius 3 is 2.19 bits per heavy atom. The van der Waals surface area contributed by atoms with Crippen molar-refractivity contribution in [3.05, 3.63) is 53.1 Å².